The minimum atomic E-state index is -0.998. The molecule has 4 rings (SSSR count). The second-order valence-corrected chi connectivity index (χ2v) is 9.04. The quantitative estimate of drug-likeness (QED) is 0.805. The lowest BCUT2D eigenvalue weighted by Gasteiger charge is -2.44. The fourth-order valence-electron chi connectivity index (χ4n) is 4.53. The first-order chi connectivity index (χ1) is 14.2. The smallest absolute Gasteiger partial charge is 0.411 e. The molecule has 0 bridgehead atoms. The molecule has 160 valence electrons. The van der Waals surface area contributed by atoms with Gasteiger partial charge in [-0.05, 0) is 45.2 Å². The first-order valence-corrected chi connectivity index (χ1v) is 10.3. The summed E-state index contributed by atoms with van der Waals surface area (Å²) in [5.41, 5.74) is 1.16. The number of nitrogens with zero attached hydrogens (tertiary/aromatic N) is 2. The Hall–Kier alpha value is -3.03. The summed E-state index contributed by atoms with van der Waals surface area (Å²) < 4.78 is 5.58. The maximum Gasteiger partial charge on any atom is 0.411 e. The summed E-state index contributed by atoms with van der Waals surface area (Å²) in [5, 5.41) is 10.6. The van der Waals surface area contributed by atoms with Crippen molar-refractivity contribution >= 4 is 28.9 Å². The summed E-state index contributed by atoms with van der Waals surface area (Å²) in [4.78, 5) is 44.3. The van der Waals surface area contributed by atoms with Crippen molar-refractivity contribution in [2.75, 3.05) is 6.54 Å². The van der Waals surface area contributed by atoms with Gasteiger partial charge in [-0.1, -0.05) is 18.2 Å². The molecule has 2 saturated heterocycles. The number of aromatic nitrogens is 1. The van der Waals surface area contributed by atoms with E-state index in [1.807, 2.05) is 30.5 Å². The van der Waals surface area contributed by atoms with Gasteiger partial charge in [0.05, 0.1) is 6.04 Å². The number of carboxylic acid groups (broad SMARTS) is 1. The Morgan fingerprint density at radius 1 is 1.23 bits per heavy atom. The van der Waals surface area contributed by atoms with Crippen LogP contribution in [0.15, 0.2) is 30.5 Å². The molecule has 2 N–H and O–H groups in total. The molecule has 3 atom stereocenters. The minimum Gasteiger partial charge on any atom is -0.480 e. The SMILES string of the molecule is CC(C)(C)OC(=O)N1C[C@H]2CC[C@@H](C(=O)O)N2C(=O)[C@@H]1Cc1c[nH]c2ccccc12. The van der Waals surface area contributed by atoms with Gasteiger partial charge in [0.2, 0.25) is 5.91 Å². The van der Waals surface area contributed by atoms with Crippen LogP contribution in [0.4, 0.5) is 4.79 Å². The van der Waals surface area contributed by atoms with Crippen LogP contribution in [0.25, 0.3) is 10.9 Å². The average Bonchev–Trinajstić information content (AvgIpc) is 3.27. The van der Waals surface area contributed by atoms with E-state index < -0.39 is 29.7 Å². The van der Waals surface area contributed by atoms with E-state index >= 15 is 0 Å². The maximum atomic E-state index is 13.5. The lowest BCUT2D eigenvalue weighted by molar-refractivity contribution is -0.155. The Morgan fingerprint density at radius 2 is 1.97 bits per heavy atom. The highest BCUT2D eigenvalue weighted by Crippen LogP contribution is 2.33. The van der Waals surface area contributed by atoms with Crippen LogP contribution in [0.1, 0.15) is 39.2 Å². The Balaban J connectivity index is 1.68. The number of carbonyl (C=O) groups is 3. The van der Waals surface area contributed by atoms with Gasteiger partial charge in [-0.25, -0.2) is 9.59 Å². The fourth-order valence-corrected chi connectivity index (χ4v) is 4.53. The number of hydrogen-bond acceptors (Lipinski definition) is 4. The number of piperazine rings is 1. The molecule has 3 heterocycles. The summed E-state index contributed by atoms with van der Waals surface area (Å²) in [5.74, 6) is -1.32. The molecule has 1 aromatic heterocycles. The van der Waals surface area contributed by atoms with Crippen molar-refractivity contribution in [3.8, 4) is 0 Å². The van der Waals surface area contributed by atoms with Crippen LogP contribution in [0, 0.1) is 0 Å². The molecule has 1 aromatic carbocycles. The van der Waals surface area contributed by atoms with Crippen LogP contribution in [-0.4, -0.2) is 68.1 Å². The van der Waals surface area contributed by atoms with Crippen molar-refractivity contribution < 1.29 is 24.2 Å². The highest BCUT2D eigenvalue weighted by Gasteiger charge is 2.50. The predicted octanol–water partition coefficient (Wildman–Crippen LogP) is 2.77. The third-order valence-electron chi connectivity index (χ3n) is 5.83. The van der Waals surface area contributed by atoms with Gasteiger partial charge in [-0.2, -0.15) is 0 Å². The molecule has 0 spiro atoms. The zero-order chi connectivity index (χ0) is 21.6. The molecule has 0 aliphatic carbocycles. The highest BCUT2D eigenvalue weighted by atomic mass is 16.6. The van der Waals surface area contributed by atoms with Crippen LogP contribution in [0.2, 0.25) is 0 Å². The van der Waals surface area contributed by atoms with Crippen LogP contribution < -0.4 is 0 Å². The molecule has 8 nitrogen and oxygen atoms in total. The number of amides is 2. The molecule has 2 aromatic rings. The number of H-pyrrole nitrogens is 1. The van der Waals surface area contributed by atoms with E-state index in [9.17, 15) is 19.5 Å². The summed E-state index contributed by atoms with van der Waals surface area (Å²) in [6.45, 7) is 5.63. The number of carbonyl (C=O) groups excluding carboxylic acids is 2. The van der Waals surface area contributed by atoms with Crippen LogP contribution in [0.5, 0.6) is 0 Å². The van der Waals surface area contributed by atoms with Gasteiger partial charge in [0.15, 0.2) is 0 Å². The van der Waals surface area contributed by atoms with Crippen molar-refractivity contribution in [2.24, 2.45) is 0 Å². The number of carboxylic acids is 1. The number of aliphatic carboxylic acids is 1. The molecule has 0 saturated carbocycles. The molecule has 0 radical (unpaired) electrons. The first kappa shape index (κ1) is 20.3. The second kappa shape index (κ2) is 7.34. The van der Waals surface area contributed by atoms with E-state index in [1.54, 1.807) is 20.8 Å². The minimum absolute atomic E-state index is 0.275. The van der Waals surface area contributed by atoms with E-state index in [4.69, 9.17) is 4.74 Å². The van der Waals surface area contributed by atoms with Crippen molar-refractivity contribution in [2.45, 2.75) is 63.8 Å². The molecule has 2 fully saturated rings. The number of benzene rings is 1. The predicted molar refractivity (Wildman–Crippen MR) is 110 cm³/mol. The molecular formula is C22H27N3O5. The lowest BCUT2D eigenvalue weighted by Crippen LogP contribution is -2.64. The molecule has 2 aliphatic rings. The van der Waals surface area contributed by atoms with Gasteiger partial charge in [0.25, 0.3) is 0 Å². The van der Waals surface area contributed by atoms with Crippen molar-refractivity contribution in [3.05, 3.63) is 36.0 Å². The van der Waals surface area contributed by atoms with Crippen molar-refractivity contribution in [1.82, 2.24) is 14.8 Å². The van der Waals surface area contributed by atoms with E-state index in [2.05, 4.69) is 4.98 Å². The Labute approximate surface area is 174 Å². The first-order valence-electron chi connectivity index (χ1n) is 10.3. The van der Waals surface area contributed by atoms with Gasteiger partial charge in [-0.15, -0.1) is 0 Å². The number of nitrogens with one attached hydrogen (secondary N) is 1. The lowest BCUT2D eigenvalue weighted by atomic mass is 9.98. The van der Waals surface area contributed by atoms with Crippen LogP contribution >= 0.6 is 0 Å². The monoisotopic (exact) mass is 413 g/mol. The van der Waals surface area contributed by atoms with E-state index in [0.29, 0.717) is 12.8 Å². The fraction of sp³-hybridized carbons (Fsp3) is 0.500. The van der Waals surface area contributed by atoms with Crippen LogP contribution in [-0.2, 0) is 20.7 Å². The number of ether oxygens (including phenoxy) is 1. The zero-order valence-electron chi connectivity index (χ0n) is 17.4. The molecule has 8 heteroatoms. The third-order valence-corrected chi connectivity index (χ3v) is 5.83. The maximum absolute atomic E-state index is 13.5. The normalized spacial score (nSPS) is 24.2. The molecule has 30 heavy (non-hydrogen) atoms. The summed E-state index contributed by atoms with van der Waals surface area (Å²) >= 11 is 0. The third kappa shape index (κ3) is 3.62. The molecule has 2 amide bonds. The van der Waals surface area contributed by atoms with E-state index in [1.165, 1.54) is 9.80 Å². The summed E-state index contributed by atoms with van der Waals surface area (Å²) in [6, 6.07) is 5.81. The van der Waals surface area contributed by atoms with E-state index in [-0.39, 0.29) is 24.9 Å². The standard InChI is InChI=1S/C22H27N3O5/c1-22(2,3)30-21(29)24-12-14-8-9-17(20(27)28)25(14)19(26)18(24)10-13-11-23-16-7-5-4-6-15(13)16/h4-7,11,14,17-18,23H,8-10,12H2,1-3H3,(H,27,28)/t14-,17+,18+/m1/s1. The second-order valence-electron chi connectivity index (χ2n) is 9.04. The molecular weight excluding hydrogens is 386 g/mol. The summed E-state index contributed by atoms with van der Waals surface area (Å²) in [6.07, 6.45) is 2.54. The number of para-hydroxylation sites is 1. The van der Waals surface area contributed by atoms with Gasteiger partial charge >= 0.3 is 12.1 Å². The number of rotatable bonds is 3. The van der Waals surface area contributed by atoms with Crippen molar-refractivity contribution in [1.29, 1.82) is 0 Å². The van der Waals surface area contributed by atoms with Crippen LogP contribution in [0.3, 0.4) is 0 Å². The van der Waals surface area contributed by atoms with E-state index in [0.717, 1.165) is 16.5 Å². The average molecular weight is 413 g/mol. The van der Waals surface area contributed by atoms with Gasteiger partial charge in [-0.3, -0.25) is 9.69 Å². The largest absolute Gasteiger partial charge is 0.480 e. The number of aromatic amines is 1. The number of hydrogen-bond donors (Lipinski definition) is 2. The Morgan fingerprint density at radius 3 is 2.67 bits per heavy atom. The molecule has 2 aliphatic heterocycles. The Bertz CT molecular complexity index is 992. The topological polar surface area (TPSA) is 103 Å². The highest BCUT2D eigenvalue weighted by molar-refractivity contribution is 5.92. The van der Waals surface area contributed by atoms with Gasteiger partial charge < -0.3 is 19.7 Å². The summed E-state index contributed by atoms with van der Waals surface area (Å²) in [7, 11) is 0. The van der Waals surface area contributed by atoms with Crippen molar-refractivity contribution in [3.63, 3.8) is 0 Å². The van der Waals surface area contributed by atoms with Gasteiger partial charge in [0, 0.05) is 30.1 Å². The zero-order valence-corrected chi connectivity index (χ0v) is 17.4. The molecule has 0 unspecified atom stereocenters. The van der Waals surface area contributed by atoms with Gasteiger partial charge in [0.1, 0.15) is 17.7 Å². The Kier molecular flexibility index (Phi) is 4.95. The number of fused-ring (bicyclic) bond motifs is 2.